The Labute approximate surface area is 187 Å². The second-order valence-electron chi connectivity index (χ2n) is 6.91. The minimum absolute atomic E-state index is 0.561. The molecule has 3 aromatic carbocycles. The number of carbonyl (C=O) groups excluding carboxylic acids is 2. The summed E-state index contributed by atoms with van der Waals surface area (Å²) >= 11 is 6.07. The lowest BCUT2D eigenvalue weighted by Crippen LogP contribution is -2.31. The number of esters is 2. The molecular formula is C26H23ClO4. The van der Waals surface area contributed by atoms with Gasteiger partial charge in [-0.3, -0.25) is 9.59 Å². The zero-order valence-corrected chi connectivity index (χ0v) is 18.1. The molecule has 158 valence electrons. The van der Waals surface area contributed by atoms with E-state index in [2.05, 4.69) is 0 Å². The number of hydrogen-bond acceptors (Lipinski definition) is 4. The second-order valence-corrected chi connectivity index (χ2v) is 7.35. The van der Waals surface area contributed by atoms with E-state index in [-0.39, 0.29) is 0 Å². The fourth-order valence-corrected chi connectivity index (χ4v) is 3.61. The van der Waals surface area contributed by atoms with Crippen LogP contribution in [0.15, 0.2) is 91.0 Å². The Hall–Kier alpha value is -3.37. The highest BCUT2D eigenvalue weighted by molar-refractivity contribution is 6.30. The maximum absolute atomic E-state index is 12.7. The Morgan fingerprint density at radius 3 is 1.61 bits per heavy atom. The maximum atomic E-state index is 12.7. The summed E-state index contributed by atoms with van der Waals surface area (Å²) in [7, 11) is 2.52. The molecule has 31 heavy (non-hydrogen) atoms. The molecule has 0 fully saturated rings. The van der Waals surface area contributed by atoms with Gasteiger partial charge in [-0.1, -0.05) is 90.5 Å². The fraction of sp³-hybridized carbons (Fsp3) is 0.154. The van der Waals surface area contributed by atoms with Crippen LogP contribution in [-0.2, 0) is 19.1 Å². The molecule has 0 spiro atoms. The summed E-state index contributed by atoms with van der Waals surface area (Å²) in [6.45, 7) is 0. The van der Waals surface area contributed by atoms with Crippen LogP contribution in [0.3, 0.4) is 0 Å². The smallest absolute Gasteiger partial charge is 0.321 e. The Balaban J connectivity index is 2.24. The molecule has 0 unspecified atom stereocenters. The van der Waals surface area contributed by atoms with Crippen molar-refractivity contribution < 1.29 is 19.1 Å². The third-order valence-electron chi connectivity index (χ3n) is 5.04. The molecule has 1 atom stereocenters. The standard InChI is InChI=1S/C26H23ClO4/c1-30-25(28)24(26(29)31-2)23(20-13-15-21(27)16-14-20)17-22(18-9-5-3-6-10-18)19-11-7-4-8-12-19/h3-17,23-24H,1-2H3/t23-/m1/s1. The topological polar surface area (TPSA) is 52.6 Å². The molecule has 0 aliphatic heterocycles. The van der Waals surface area contributed by atoms with Gasteiger partial charge in [-0.05, 0) is 34.4 Å². The number of methoxy groups -OCH3 is 2. The van der Waals surface area contributed by atoms with Gasteiger partial charge < -0.3 is 9.47 Å². The van der Waals surface area contributed by atoms with Gasteiger partial charge in [0.1, 0.15) is 0 Å². The van der Waals surface area contributed by atoms with E-state index >= 15 is 0 Å². The van der Waals surface area contributed by atoms with Crippen molar-refractivity contribution in [1.82, 2.24) is 0 Å². The van der Waals surface area contributed by atoms with Gasteiger partial charge in [0, 0.05) is 10.9 Å². The Bertz CT molecular complexity index is 986. The van der Waals surface area contributed by atoms with Crippen LogP contribution in [0.4, 0.5) is 0 Å². The van der Waals surface area contributed by atoms with Gasteiger partial charge >= 0.3 is 11.9 Å². The molecule has 0 amide bonds. The van der Waals surface area contributed by atoms with Gasteiger partial charge in [0.2, 0.25) is 0 Å². The molecule has 0 bridgehead atoms. The van der Waals surface area contributed by atoms with Crippen molar-refractivity contribution in [2.75, 3.05) is 14.2 Å². The van der Waals surface area contributed by atoms with Crippen LogP contribution in [0.2, 0.25) is 5.02 Å². The lowest BCUT2D eigenvalue weighted by Gasteiger charge is -2.23. The van der Waals surface area contributed by atoms with E-state index in [4.69, 9.17) is 21.1 Å². The number of benzene rings is 3. The third kappa shape index (κ3) is 5.41. The average molecular weight is 435 g/mol. The van der Waals surface area contributed by atoms with Crippen LogP contribution in [0, 0.1) is 5.92 Å². The lowest BCUT2D eigenvalue weighted by atomic mass is 9.82. The van der Waals surface area contributed by atoms with Crippen molar-refractivity contribution >= 4 is 29.1 Å². The monoisotopic (exact) mass is 434 g/mol. The first-order chi connectivity index (χ1) is 15.0. The number of allylic oxidation sites excluding steroid dienone is 1. The van der Waals surface area contributed by atoms with Crippen LogP contribution in [-0.4, -0.2) is 26.2 Å². The van der Waals surface area contributed by atoms with E-state index < -0.39 is 23.8 Å². The molecule has 0 aromatic heterocycles. The van der Waals surface area contributed by atoms with Crippen molar-refractivity contribution in [3.8, 4) is 0 Å². The van der Waals surface area contributed by atoms with Crippen molar-refractivity contribution in [1.29, 1.82) is 0 Å². The van der Waals surface area contributed by atoms with E-state index in [1.54, 1.807) is 24.3 Å². The molecule has 0 saturated carbocycles. The zero-order valence-electron chi connectivity index (χ0n) is 17.3. The minimum atomic E-state index is -1.17. The normalized spacial score (nSPS) is 11.5. The summed E-state index contributed by atoms with van der Waals surface area (Å²) in [5, 5.41) is 0.561. The van der Waals surface area contributed by atoms with Crippen molar-refractivity contribution in [3.05, 3.63) is 113 Å². The Morgan fingerprint density at radius 1 is 0.742 bits per heavy atom. The quantitative estimate of drug-likeness (QED) is 0.363. The first-order valence-corrected chi connectivity index (χ1v) is 10.2. The van der Waals surface area contributed by atoms with E-state index in [1.165, 1.54) is 14.2 Å². The summed E-state index contributed by atoms with van der Waals surface area (Å²) in [4.78, 5) is 25.3. The predicted octanol–water partition coefficient (Wildman–Crippen LogP) is 5.52. The molecule has 0 N–H and O–H groups in total. The van der Waals surface area contributed by atoms with E-state index in [0.29, 0.717) is 5.02 Å². The predicted molar refractivity (Wildman–Crippen MR) is 122 cm³/mol. The SMILES string of the molecule is COC(=O)C(C(=O)OC)[C@H](C=C(c1ccccc1)c1ccccc1)c1ccc(Cl)cc1. The molecular weight excluding hydrogens is 412 g/mol. The largest absolute Gasteiger partial charge is 0.468 e. The van der Waals surface area contributed by atoms with E-state index in [0.717, 1.165) is 22.3 Å². The third-order valence-corrected chi connectivity index (χ3v) is 5.29. The molecule has 0 radical (unpaired) electrons. The van der Waals surface area contributed by atoms with Gasteiger partial charge in [-0.25, -0.2) is 0 Å². The van der Waals surface area contributed by atoms with E-state index in [1.807, 2.05) is 66.7 Å². The molecule has 0 saturated heterocycles. The molecule has 3 aromatic rings. The van der Waals surface area contributed by atoms with Crippen LogP contribution in [0.5, 0.6) is 0 Å². The Kier molecular flexibility index (Phi) is 7.63. The van der Waals surface area contributed by atoms with E-state index in [9.17, 15) is 9.59 Å². The summed E-state index contributed by atoms with van der Waals surface area (Å²) < 4.78 is 9.92. The van der Waals surface area contributed by atoms with Gasteiger partial charge in [0.05, 0.1) is 14.2 Å². The molecule has 0 aliphatic rings. The van der Waals surface area contributed by atoms with Gasteiger partial charge in [-0.15, -0.1) is 0 Å². The lowest BCUT2D eigenvalue weighted by molar-refractivity contribution is -0.159. The fourth-order valence-electron chi connectivity index (χ4n) is 3.49. The number of halogens is 1. The number of carbonyl (C=O) groups is 2. The summed E-state index contributed by atoms with van der Waals surface area (Å²) in [6, 6.07) is 26.7. The van der Waals surface area contributed by atoms with Gasteiger partial charge in [0.25, 0.3) is 0 Å². The van der Waals surface area contributed by atoms with Crippen LogP contribution >= 0.6 is 11.6 Å². The zero-order chi connectivity index (χ0) is 22.2. The second kappa shape index (κ2) is 10.6. The summed E-state index contributed by atoms with van der Waals surface area (Å²) in [5.74, 6) is -3.13. The van der Waals surface area contributed by atoms with Crippen LogP contribution < -0.4 is 0 Å². The molecule has 3 rings (SSSR count). The number of ether oxygens (including phenoxy) is 2. The first-order valence-electron chi connectivity index (χ1n) is 9.79. The Morgan fingerprint density at radius 2 is 1.19 bits per heavy atom. The molecule has 4 nitrogen and oxygen atoms in total. The van der Waals surface area contributed by atoms with Gasteiger partial charge in [0.15, 0.2) is 5.92 Å². The molecule has 0 aliphatic carbocycles. The number of hydrogen-bond donors (Lipinski definition) is 0. The van der Waals surface area contributed by atoms with Crippen molar-refractivity contribution in [3.63, 3.8) is 0 Å². The molecule has 0 heterocycles. The van der Waals surface area contributed by atoms with Crippen molar-refractivity contribution in [2.45, 2.75) is 5.92 Å². The minimum Gasteiger partial charge on any atom is -0.468 e. The van der Waals surface area contributed by atoms with Gasteiger partial charge in [-0.2, -0.15) is 0 Å². The highest BCUT2D eigenvalue weighted by atomic mass is 35.5. The first kappa shape index (κ1) is 22.3. The highest BCUT2D eigenvalue weighted by Gasteiger charge is 2.37. The average Bonchev–Trinajstić information content (AvgIpc) is 2.82. The van der Waals surface area contributed by atoms with Crippen LogP contribution in [0.1, 0.15) is 22.6 Å². The number of rotatable bonds is 7. The van der Waals surface area contributed by atoms with Crippen molar-refractivity contribution in [2.24, 2.45) is 5.92 Å². The summed E-state index contributed by atoms with van der Waals surface area (Å²) in [6.07, 6.45) is 1.92. The molecule has 5 heteroatoms. The van der Waals surface area contributed by atoms with Crippen LogP contribution in [0.25, 0.3) is 5.57 Å². The summed E-state index contributed by atoms with van der Waals surface area (Å²) in [5.41, 5.74) is 3.55. The highest BCUT2D eigenvalue weighted by Crippen LogP contribution is 2.35. The maximum Gasteiger partial charge on any atom is 0.321 e.